The van der Waals surface area contributed by atoms with Crippen molar-refractivity contribution >= 4 is 43.7 Å². The van der Waals surface area contributed by atoms with Gasteiger partial charge in [0.25, 0.3) is 0 Å². The van der Waals surface area contributed by atoms with Crippen LogP contribution in [0.4, 0.5) is 68.5 Å². The average Bonchev–Trinajstić information content (AvgIpc) is 3.03. The Morgan fingerprint density at radius 2 is 0.800 bits per heavy atom. The number of anilines is 2. The lowest BCUT2D eigenvalue weighted by Crippen LogP contribution is -2.21. The molecule has 0 N–H and O–H groups in total. The molecule has 45 heavy (non-hydrogen) atoms. The standard InChI is InChI=1S/C31H10F13N/c32-18-11-7-4-8-12(13(11)21(35)27(41)26(18)40)45(9-10-5-2-1-3-6-10)31-25(39)17-16(24(38)30(31)44)19(33)14-15(20(17)34)23(37)29(43)28(42)22(14)36/h1-8H,9H2. The topological polar surface area (TPSA) is 3.24 Å². The minimum atomic E-state index is -2.63. The van der Waals surface area contributed by atoms with Crippen molar-refractivity contribution in [3.05, 3.63) is 130 Å². The second-order valence-corrected chi connectivity index (χ2v) is 9.70. The summed E-state index contributed by atoms with van der Waals surface area (Å²) in [6, 6.07) is 9.49. The zero-order valence-electron chi connectivity index (χ0n) is 21.7. The lowest BCUT2D eigenvalue weighted by molar-refractivity contribution is 0.414. The maximum atomic E-state index is 16.3. The lowest BCUT2D eigenvalue weighted by atomic mass is 9.97. The molecule has 0 atom stereocenters. The van der Waals surface area contributed by atoms with Crippen LogP contribution >= 0.6 is 0 Å². The molecule has 1 nitrogen and oxygen atoms in total. The van der Waals surface area contributed by atoms with Gasteiger partial charge in [-0.25, -0.2) is 57.1 Å². The van der Waals surface area contributed by atoms with E-state index >= 15 is 26.3 Å². The van der Waals surface area contributed by atoms with Crippen molar-refractivity contribution in [2.75, 3.05) is 4.90 Å². The molecule has 0 spiro atoms. The Morgan fingerprint density at radius 3 is 1.33 bits per heavy atom. The summed E-state index contributed by atoms with van der Waals surface area (Å²) in [4.78, 5) is 0.356. The molecule has 0 aliphatic heterocycles. The largest absolute Gasteiger partial charge is 0.331 e. The Morgan fingerprint density at radius 1 is 0.356 bits per heavy atom. The van der Waals surface area contributed by atoms with E-state index in [1.54, 1.807) is 0 Å². The number of benzene rings is 6. The highest BCUT2D eigenvalue weighted by Crippen LogP contribution is 2.45. The van der Waals surface area contributed by atoms with Crippen molar-refractivity contribution in [2.24, 2.45) is 0 Å². The summed E-state index contributed by atoms with van der Waals surface area (Å²) in [5, 5.41) is -9.90. The average molecular weight is 643 g/mol. The lowest BCUT2D eigenvalue weighted by Gasteiger charge is -2.28. The van der Waals surface area contributed by atoms with E-state index in [1.165, 1.54) is 30.3 Å². The van der Waals surface area contributed by atoms with Gasteiger partial charge in [-0.2, -0.15) is 0 Å². The Labute approximate surface area is 242 Å². The number of halogens is 13. The zero-order chi connectivity index (χ0) is 32.6. The highest BCUT2D eigenvalue weighted by molar-refractivity contribution is 6.04. The van der Waals surface area contributed by atoms with E-state index in [9.17, 15) is 30.7 Å². The molecule has 0 aliphatic rings. The monoisotopic (exact) mass is 643 g/mol. The number of nitrogens with zero attached hydrogens (tertiary/aromatic N) is 1. The highest BCUT2D eigenvalue weighted by atomic mass is 19.2. The molecule has 0 aromatic heterocycles. The molecule has 0 amide bonds. The molecule has 0 radical (unpaired) electrons. The van der Waals surface area contributed by atoms with Crippen molar-refractivity contribution in [1.82, 2.24) is 0 Å². The third kappa shape index (κ3) is 4.18. The Balaban J connectivity index is 1.79. The minimum absolute atomic E-state index is 0.105. The van der Waals surface area contributed by atoms with Crippen LogP contribution in [0.5, 0.6) is 0 Å². The maximum Gasteiger partial charge on any atom is 0.198 e. The fraction of sp³-hybridized carbons (Fsp3) is 0.0323. The van der Waals surface area contributed by atoms with Gasteiger partial charge in [-0.3, -0.25) is 0 Å². The third-order valence-electron chi connectivity index (χ3n) is 7.26. The van der Waals surface area contributed by atoms with Crippen LogP contribution in [0, 0.1) is 75.6 Å². The summed E-state index contributed by atoms with van der Waals surface area (Å²) >= 11 is 0. The van der Waals surface area contributed by atoms with Crippen LogP contribution in [-0.2, 0) is 6.54 Å². The summed E-state index contributed by atoms with van der Waals surface area (Å²) in [7, 11) is 0. The summed E-state index contributed by atoms with van der Waals surface area (Å²) in [5.74, 6) is -30.6. The minimum Gasteiger partial charge on any atom is -0.331 e. The highest BCUT2D eigenvalue weighted by Gasteiger charge is 2.35. The van der Waals surface area contributed by atoms with Gasteiger partial charge in [0.15, 0.2) is 64.0 Å². The Bertz CT molecular complexity index is 2230. The van der Waals surface area contributed by atoms with E-state index in [1.807, 2.05) is 0 Å². The van der Waals surface area contributed by atoms with Gasteiger partial charge >= 0.3 is 0 Å². The second-order valence-electron chi connectivity index (χ2n) is 9.70. The van der Waals surface area contributed by atoms with Crippen molar-refractivity contribution in [3.8, 4) is 0 Å². The van der Waals surface area contributed by atoms with Crippen molar-refractivity contribution < 1.29 is 57.1 Å². The van der Waals surface area contributed by atoms with Gasteiger partial charge in [0.2, 0.25) is 0 Å². The van der Waals surface area contributed by atoms with Gasteiger partial charge < -0.3 is 4.90 Å². The molecule has 0 aliphatic carbocycles. The van der Waals surface area contributed by atoms with Gasteiger partial charge in [0, 0.05) is 17.3 Å². The van der Waals surface area contributed by atoms with E-state index < -0.39 is 126 Å². The van der Waals surface area contributed by atoms with Crippen LogP contribution in [0.15, 0.2) is 48.5 Å². The molecule has 0 fully saturated rings. The molecule has 6 rings (SSSR count). The summed E-state index contributed by atoms with van der Waals surface area (Å²) in [5.41, 5.74) is -2.40. The zero-order valence-corrected chi connectivity index (χ0v) is 21.7. The molecular weight excluding hydrogens is 633 g/mol. The second kappa shape index (κ2) is 10.6. The van der Waals surface area contributed by atoms with Gasteiger partial charge in [-0.15, -0.1) is 0 Å². The first-order valence-corrected chi connectivity index (χ1v) is 12.5. The number of hydrogen-bond acceptors (Lipinski definition) is 1. The van der Waals surface area contributed by atoms with Crippen molar-refractivity contribution in [2.45, 2.75) is 6.54 Å². The summed E-state index contributed by atoms with van der Waals surface area (Å²) < 4.78 is 194. The molecule has 0 bridgehead atoms. The van der Waals surface area contributed by atoms with Crippen molar-refractivity contribution in [1.29, 1.82) is 0 Å². The molecule has 14 heteroatoms. The van der Waals surface area contributed by atoms with E-state index in [0.29, 0.717) is 4.90 Å². The Kier molecular flexibility index (Phi) is 7.05. The van der Waals surface area contributed by atoms with Crippen molar-refractivity contribution in [3.63, 3.8) is 0 Å². The fourth-order valence-electron chi connectivity index (χ4n) is 5.24. The maximum absolute atomic E-state index is 16.3. The predicted octanol–water partition coefficient (Wildman–Crippen LogP) is 10.3. The molecule has 6 aromatic carbocycles. The van der Waals surface area contributed by atoms with Crippen LogP contribution in [0.2, 0.25) is 0 Å². The fourth-order valence-corrected chi connectivity index (χ4v) is 5.24. The van der Waals surface area contributed by atoms with Crippen LogP contribution in [0.3, 0.4) is 0 Å². The van der Waals surface area contributed by atoms with E-state index in [0.717, 1.165) is 18.2 Å². The molecule has 0 saturated carbocycles. The van der Waals surface area contributed by atoms with Gasteiger partial charge in [0.1, 0.15) is 17.3 Å². The quantitative estimate of drug-likeness (QED) is 0.0800. The van der Waals surface area contributed by atoms with E-state index in [-0.39, 0.29) is 5.56 Å². The van der Waals surface area contributed by atoms with E-state index in [4.69, 9.17) is 0 Å². The normalized spacial score (nSPS) is 11.8. The Hall–Kier alpha value is -5.01. The van der Waals surface area contributed by atoms with Crippen LogP contribution in [0.1, 0.15) is 5.56 Å². The first kappa shape index (κ1) is 30.0. The molecule has 230 valence electrons. The van der Waals surface area contributed by atoms with Gasteiger partial charge in [-0.1, -0.05) is 42.5 Å². The number of rotatable bonds is 4. The molecular formula is C31H10F13N. The number of hydrogen-bond donors (Lipinski definition) is 0. The molecule has 0 unspecified atom stereocenters. The number of fused-ring (bicyclic) bond motifs is 3. The SMILES string of the molecule is Fc1c(F)c(F)c2c(N(Cc3ccccc3)c3c(F)c(F)c4c(F)c5c(F)c(F)c(F)c(F)c5c(F)c4c3F)cccc2c1F. The van der Waals surface area contributed by atoms with Gasteiger partial charge in [-0.05, 0) is 11.6 Å². The first-order chi connectivity index (χ1) is 21.3. The summed E-state index contributed by atoms with van der Waals surface area (Å²) in [6.45, 7) is -0.806. The molecule has 0 heterocycles. The predicted molar refractivity (Wildman–Crippen MR) is 137 cm³/mol. The first-order valence-electron chi connectivity index (χ1n) is 12.5. The third-order valence-corrected chi connectivity index (χ3v) is 7.26. The van der Waals surface area contributed by atoms with Crippen LogP contribution < -0.4 is 4.90 Å². The summed E-state index contributed by atoms with van der Waals surface area (Å²) in [6.07, 6.45) is 0. The van der Waals surface area contributed by atoms with Crippen LogP contribution in [-0.4, -0.2) is 0 Å². The van der Waals surface area contributed by atoms with E-state index in [2.05, 4.69) is 0 Å². The smallest absolute Gasteiger partial charge is 0.198 e. The molecule has 6 aromatic rings. The molecule has 0 saturated heterocycles. The van der Waals surface area contributed by atoms with Gasteiger partial charge in [0.05, 0.1) is 27.2 Å². The van der Waals surface area contributed by atoms with Crippen LogP contribution in [0.25, 0.3) is 32.3 Å².